The molecule has 0 fully saturated rings. The quantitative estimate of drug-likeness (QED) is 0.458. The van der Waals surface area contributed by atoms with Crippen LogP contribution in [0.25, 0.3) is 11.1 Å². The van der Waals surface area contributed by atoms with Crippen LogP contribution in [0.2, 0.25) is 0 Å². The van der Waals surface area contributed by atoms with Crippen molar-refractivity contribution in [3.63, 3.8) is 0 Å². The Bertz CT molecular complexity index is 1080. The molecule has 0 saturated heterocycles. The van der Waals surface area contributed by atoms with Gasteiger partial charge in [0, 0.05) is 12.1 Å². The molecule has 0 spiro atoms. The second-order valence-electron chi connectivity index (χ2n) is 5.20. The zero-order valence-corrected chi connectivity index (χ0v) is 13.9. The summed E-state index contributed by atoms with van der Waals surface area (Å²) in [5, 5.41) is 67.3. The van der Waals surface area contributed by atoms with Gasteiger partial charge in [0.15, 0.2) is 0 Å². The topological polar surface area (TPSA) is 259 Å². The zero-order chi connectivity index (χ0) is 22.9. The SMILES string of the molecule is O=[N+]([O-])c1ccc(-c2ccc([N+](=O)[O-])c([N+](=O)[O-])c2[N+](=O)[O-])c([N+](=O)[O-])c1[N+](=O)[O-]. The fourth-order valence-corrected chi connectivity index (χ4v) is 2.60. The Morgan fingerprint density at radius 3 is 0.867 bits per heavy atom. The van der Waals surface area contributed by atoms with E-state index in [-0.39, 0.29) is 0 Å². The van der Waals surface area contributed by atoms with Gasteiger partial charge in [0.2, 0.25) is 0 Å². The monoisotopic (exact) mass is 424 g/mol. The smallest absolute Gasteiger partial charge is 0.258 e. The molecule has 0 radical (unpaired) electrons. The van der Waals surface area contributed by atoms with Gasteiger partial charge in [0.25, 0.3) is 0 Å². The van der Waals surface area contributed by atoms with Crippen LogP contribution in [0.4, 0.5) is 34.1 Å². The lowest BCUT2D eigenvalue weighted by atomic mass is 9.98. The number of hydrogen-bond acceptors (Lipinski definition) is 12. The van der Waals surface area contributed by atoms with E-state index >= 15 is 0 Å². The normalized spacial score (nSPS) is 10.3. The first kappa shape index (κ1) is 21.1. The molecule has 0 bridgehead atoms. The van der Waals surface area contributed by atoms with Gasteiger partial charge in [-0.3, -0.25) is 60.7 Å². The third-order valence-corrected chi connectivity index (χ3v) is 3.67. The Hall–Kier alpha value is -5.16. The van der Waals surface area contributed by atoms with E-state index in [1.807, 2.05) is 0 Å². The molecule has 0 aliphatic rings. The lowest BCUT2D eigenvalue weighted by Crippen LogP contribution is -2.06. The number of benzene rings is 2. The Balaban J connectivity index is 3.12. The highest BCUT2D eigenvalue weighted by Gasteiger charge is 2.44. The minimum atomic E-state index is -1.63. The molecule has 0 aliphatic carbocycles. The zero-order valence-electron chi connectivity index (χ0n) is 13.9. The van der Waals surface area contributed by atoms with E-state index in [1.165, 1.54) is 0 Å². The first-order valence-electron chi connectivity index (χ1n) is 7.10. The maximum Gasteiger partial charge on any atom is 0.422 e. The van der Waals surface area contributed by atoms with Crippen LogP contribution >= 0.6 is 0 Å². The van der Waals surface area contributed by atoms with E-state index in [0.29, 0.717) is 24.3 Å². The van der Waals surface area contributed by atoms with Gasteiger partial charge < -0.3 is 0 Å². The molecule has 0 aromatic heterocycles. The molecular weight excluding hydrogens is 420 g/mol. The van der Waals surface area contributed by atoms with Crippen molar-refractivity contribution in [1.29, 1.82) is 0 Å². The fourth-order valence-electron chi connectivity index (χ4n) is 2.60. The van der Waals surface area contributed by atoms with Crippen molar-refractivity contribution in [2.75, 3.05) is 0 Å². The number of nitrogens with zero attached hydrogens (tertiary/aromatic N) is 6. The highest BCUT2D eigenvalue weighted by atomic mass is 16.7. The van der Waals surface area contributed by atoms with Crippen molar-refractivity contribution < 1.29 is 29.5 Å². The molecule has 2 rings (SSSR count). The van der Waals surface area contributed by atoms with Gasteiger partial charge in [-0.1, -0.05) is 0 Å². The largest absolute Gasteiger partial charge is 0.422 e. The summed E-state index contributed by atoms with van der Waals surface area (Å²) in [5.74, 6) is 0. The number of hydrogen-bond donors (Lipinski definition) is 0. The first-order valence-corrected chi connectivity index (χ1v) is 7.10. The minimum Gasteiger partial charge on any atom is -0.258 e. The Morgan fingerprint density at radius 1 is 0.400 bits per heavy atom. The number of nitro benzene ring substituents is 6. The van der Waals surface area contributed by atoms with E-state index in [4.69, 9.17) is 0 Å². The van der Waals surface area contributed by atoms with Crippen LogP contribution in [0.3, 0.4) is 0 Å². The highest BCUT2D eigenvalue weighted by molar-refractivity contribution is 5.91. The molecule has 0 aliphatic heterocycles. The van der Waals surface area contributed by atoms with E-state index in [2.05, 4.69) is 0 Å². The van der Waals surface area contributed by atoms with Gasteiger partial charge in [-0.25, -0.2) is 0 Å². The van der Waals surface area contributed by atoms with E-state index in [0.717, 1.165) is 0 Å². The molecule has 154 valence electrons. The molecule has 30 heavy (non-hydrogen) atoms. The Morgan fingerprint density at radius 2 is 0.667 bits per heavy atom. The van der Waals surface area contributed by atoms with Crippen molar-refractivity contribution in [2.24, 2.45) is 0 Å². The average molecular weight is 424 g/mol. The van der Waals surface area contributed by atoms with Crippen LogP contribution < -0.4 is 0 Å². The third-order valence-electron chi connectivity index (χ3n) is 3.67. The summed E-state index contributed by atoms with van der Waals surface area (Å²) in [6, 6.07) is 1.97. The van der Waals surface area contributed by atoms with Crippen LogP contribution in [0.1, 0.15) is 0 Å². The van der Waals surface area contributed by atoms with Crippen LogP contribution in [-0.2, 0) is 0 Å². The van der Waals surface area contributed by atoms with Gasteiger partial charge in [-0.15, -0.1) is 0 Å². The number of nitro groups is 6. The van der Waals surface area contributed by atoms with Crippen LogP contribution in [0.5, 0.6) is 0 Å². The lowest BCUT2D eigenvalue weighted by Gasteiger charge is -2.06. The van der Waals surface area contributed by atoms with Crippen molar-refractivity contribution in [3.8, 4) is 11.1 Å². The summed E-state index contributed by atoms with van der Waals surface area (Å²) in [4.78, 5) is 58.9. The molecule has 2 aromatic carbocycles. The second-order valence-corrected chi connectivity index (χ2v) is 5.20. The molecule has 0 saturated carbocycles. The predicted octanol–water partition coefficient (Wildman–Crippen LogP) is 2.80. The lowest BCUT2D eigenvalue weighted by molar-refractivity contribution is -0.441. The molecule has 18 heteroatoms. The summed E-state index contributed by atoms with van der Waals surface area (Å²) < 4.78 is 0. The summed E-state index contributed by atoms with van der Waals surface area (Å²) in [7, 11) is 0. The fraction of sp³-hybridized carbons (Fsp3) is 0. The Labute approximate surface area is 160 Å². The van der Waals surface area contributed by atoms with Crippen molar-refractivity contribution in [3.05, 3.63) is 85.0 Å². The molecule has 18 nitrogen and oxygen atoms in total. The first-order chi connectivity index (χ1) is 13.9. The summed E-state index contributed by atoms with van der Waals surface area (Å²) in [6.07, 6.45) is 0. The second kappa shape index (κ2) is 7.46. The van der Waals surface area contributed by atoms with E-state index < -0.39 is 74.8 Å². The van der Waals surface area contributed by atoms with E-state index in [1.54, 1.807) is 0 Å². The van der Waals surface area contributed by atoms with E-state index in [9.17, 15) is 60.7 Å². The Kier molecular flexibility index (Phi) is 5.26. The van der Waals surface area contributed by atoms with Crippen molar-refractivity contribution in [1.82, 2.24) is 0 Å². The van der Waals surface area contributed by atoms with Crippen LogP contribution in [0.15, 0.2) is 24.3 Å². The van der Waals surface area contributed by atoms with Gasteiger partial charge in [-0.2, -0.15) is 0 Å². The third kappa shape index (κ3) is 3.37. The van der Waals surface area contributed by atoms with Gasteiger partial charge >= 0.3 is 34.1 Å². The van der Waals surface area contributed by atoms with Crippen LogP contribution in [-0.4, -0.2) is 29.5 Å². The summed E-state index contributed by atoms with van der Waals surface area (Å²) >= 11 is 0. The van der Waals surface area contributed by atoms with Gasteiger partial charge in [0.1, 0.15) is 0 Å². The molecule has 2 aromatic rings. The molecule has 0 unspecified atom stereocenters. The summed E-state index contributed by atoms with van der Waals surface area (Å²) in [6.45, 7) is 0. The molecule has 0 heterocycles. The molecule has 0 atom stereocenters. The van der Waals surface area contributed by atoms with Crippen LogP contribution in [0, 0.1) is 60.7 Å². The van der Waals surface area contributed by atoms with Gasteiger partial charge in [0.05, 0.1) is 40.7 Å². The van der Waals surface area contributed by atoms with Gasteiger partial charge in [-0.05, 0) is 12.1 Å². The maximum absolute atomic E-state index is 11.4. The molecule has 0 amide bonds. The molecular formula is C12H4N6O12. The predicted molar refractivity (Wildman–Crippen MR) is 91.8 cm³/mol. The minimum absolute atomic E-state index is 0.442. The van der Waals surface area contributed by atoms with Crippen molar-refractivity contribution in [2.45, 2.75) is 0 Å². The number of rotatable bonds is 7. The summed E-state index contributed by atoms with van der Waals surface area (Å²) in [5.41, 5.74) is -10.9. The highest BCUT2D eigenvalue weighted by Crippen LogP contribution is 2.49. The average Bonchev–Trinajstić information content (AvgIpc) is 2.64. The maximum atomic E-state index is 11.4. The standard InChI is InChI=1S/C12H4N6O12/c19-13(20)7-3-1-5(9(15(23)24)11(7)17(27)28)6-2-4-8(14(21)22)12(18(29)30)10(6)16(25)26/h1-4H. The van der Waals surface area contributed by atoms with Crippen molar-refractivity contribution >= 4 is 34.1 Å². The molecule has 0 N–H and O–H groups in total.